The summed E-state index contributed by atoms with van der Waals surface area (Å²) in [6.45, 7) is 5.39. The van der Waals surface area contributed by atoms with E-state index < -0.39 is 12.1 Å². The lowest BCUT2D eigenvalue weighted by atomic mass is 10.3. The topological polar surface area (TPSA) is 82.1 Å². The van der Waals surface area contributed by atoms with Crippen molar-refractivity contribution >= 4 is 12.0 Å². The van der Waals surface area contributed by atoms with E-state index in [1.807, 2.05) is 0 Å². The Balaban J connectivity index is 1.69. The highest BCUT2D eigenvalue weighted by molar-refractivity contribution is 5.77. The van der Waals surface area contributed by atoms with Crippen molar-refractivity contribution < 1.29 is 19.4 Å². The Kier molecular flexibility index (Phi) is 5.19. The smallest absolute Gasteiger partial charge is 0.334 e. The third-order valence-electron chi connectivity index (χ3n) is 3.77. The van der Waals surface area contributed by atoms with E-state index in [1.165, 1.54) is 17.7 Å². The van der Waals surface area contributed by atoms with Gasteiger partial charge in [-0.1, -0.05) is 6.92 Å². The quantitative estimate of drug-likeness (QED) is 0.716. The Hall–Kier alpha value is -1.34. The molecule has 0 aromatic carbocycles. The summed E-state index contributed by atoms with van der Waals surface area (Å²) < 4.78 is 5.09. The standard InChI is InChI=1S/C13H23N3O4/c1-2-15(10-3-4-10)6-5-14-13(19)16-7-8-20-11(9-16)12(17)18/h10-11H,2-9H2,1H3,(H,14,19)(H,17,18). The Labute approximate surface area is 118 Å². The van der Waals surface area contributed by atoms with Gasteiger partial charge in [0.25, 0.3) is 0 Å². The second-order valence-corrected chi connectivity index (χ2v) is 5.24. The third-order valence-corrected chi connectivity index (χ3v) is 3.77. The number of morpholine rings is 1. The number of carbonyl (C=O) groups is 2. The molecule has 2 rings (SSSR count). The lowest BCUT2D eigenvalue weighted by molar-refractivity contribution is -0.154. The third kappa shape index (κ3) is 4.08. The first kappa shape index (κ1) is 15.1. The van der Waals surface area contributed by atoms with Crippen molar-refractivity contribution in [2.24, 2.45) is 0 Å². The van der Waals surface area contributed by atoms with E-state index in [4.69, 9.17) is 9.84 Å². The SMILES string of the molecule is CCN(CCNC(=O)N1CCOC(C(=O)O)C1)C1CC1. The van der Waals surface area contributed by atoms with E-state index in [9.17, 15) is 9.59 Å². The summed E-state index contributed by atoms with van der Waals surface area (Å²) in [7, 11) is 0. The molecule has 7 nitrogen and oxygen atoms in total. The summed E-state index contributed by atoms with van der Waals surface area (Å²) in [6, 6.07) is 0.489. The number of rotatable bonds is 6. The summed E-state index contributed by atoms with van der Waals surface area (Å²) in [6.07, 6.45) is 1.60. The molecule has 0 aromatic rings. The molecule has 2 fully saturated rings. The van der Waals surface area contributed by atoms with Crippen molar-refractivity contribution in [2.45, 2.75) is 31.9 Å². The number of carboxylic acid groups (broad SMARTS) is 1. The van der Waals surface area contributed by atoms with E-state index in [0.717, 1.165) is 13.1 Å². The van der Waals surface area contributed by atoms with Gasteiger partial charge in [-0.25, -0.2) is 9.59 Å². The number of carbonyl (C=O) groups excluding carboxylic acids is 1. The molecule has 1 aliphatic heterocycles. The van der Waals surface area contributed by atoms with Gasteiger partial charge in [0.1, 0.15) is 0 Å². The number of hydrogen-bond donors (Lipinski definition) is 2. The largest absolute Gasteiger partial charge is 0.479 e. The Morgan fingerprint density at radius 1 is 1.45 bits per heavy atom. The van der Waals surface area contributed by atoms with Crippen LogP contribution in [0.5, 0.6) is 0 Å². The van der Waals surface area contributed by atoms with Crippen LogP contribution in [0.2, 0.25) is 0 Å². The Morgan fingerprint density at radius 2 is 2.20 bits per heavy atom. The van der Waals surface area contributed by atoms with E-state index in [-0.39, 0.29) is 19.2 Å². The fourth-order valence-corrected chi connectivity index (χ4v) is 2.44. The zero-order valence-electron chi connectivity index (χ0n) is 11.9. The maximum Gasteiger partial charge on any atom is 0.334 e. The molecule has 1 heterocycles. The van der Waals surface area contributed by atoms with Gasteiger partial charge in [-0.15, -0.1) is 0 Å². The van der Waals surface area contributed by atoms with Crippen molar-refractivity contribution in [3.05, 3.63) is 0 Å². The summed E-state index contributed by atoms with van der Waals surface area (Å²) in [5.74, 6) is -1.02. The average Bonchev–Trinajstić information content (AvgIpc) is 3.28. The first-order valence-corrected chi connectivity index (χ1v) is 7.23. The van der Waals surface area contributed by atoms with Gasteiger partial charge in [-0.3, -0.25) is 4.90 Å². The molecule has 7 heteroatoms. The monoisotopic (exact) mass is 285 g/mol. The summed E-state index contributed by atoms with van der Waals surface area (Å²) in [4.78, 5) is 26.7. The molecule has 0 radical (unpaired) electrons. The van der Waals surface area contributed by atoms with Gasteiger partial charge in [0.15, 0.2) is 6.10 Å². The molecule has 20 heavy (non-hydrogen) atoms. The van der Waals surface area contributed by atoms with Crippen LogP contribution in [0.4, 0.5) is 4.79 Å². The second-order valence-electron chi connectivity index (χ2n) is 5.24. The highest BCUT2D eigenvalue weighted by Gasteiger charge is 2.30. The maximum absolute atomic E-state index is 12.0. The van der Waals surface area contributed by atoms with Crippen molar-refractivity contribution in [2.75, 3.05) is 39.3 Å². The van der Waals surface area contributed by atoms with Crippen LogP contribution in [0, 0.1) is 0 Å². The maximum atomic E-state index is 12.0. The minimum atomic E-state index is -1.02. The van der Waals surface area contributed by atoms with Crippen LogP contribution < -0.4 is 5.32 Å². The van der Waals surface area contributed by atoms with Crippen molar-refractivity contribution in [3.63, 3.8) is 0 Å². The Bertz CT molecular complexity index is 360. The van der Waals surface area contributed by atoms with Gasteiger partial charge in [0.2, 0.25) is 0 Å². The highest BCUT2D eigenvalue weighted by atomic mass is 16.5. The summed E-state index contributed by atoms with van der Waals surface area (Å²) in [5, 5.41) is 11.8. The van der Waals surface area contributed by atoms with E-state index in [0.29, 0.717) is 19.1 Å². The van der Waals surface area contributed by atoms with Gasteiger partial charge in [-0.2, -0.15) is 0 Å². The molecule has 114 valence electrons. The predicted octanol–water partition coefficient (Wildman–Crippen LogP) is -0.0343. The lowest BCUT2D eigenvalue weighted by Gasteiger charge is -2.31. The fraction of sp³-hybridized carbons (Fsp3) is 0.846. The van der Waals surface area contributed by atoms with Gasteiger partial charge >= 0.3 is 12.0 Å². The minimum absolute atomic E-state index is 0.112. The van der Waals surface area contributed by atoms with E-state index in [2.05, 4.69) is 17.1 Å². The van der Waals surface area contributed by atoms with Crippen molar-refractivity contribution in [3.8, 4) is 0 Å². The van der Waals surface area contributed by atoms with Crippen molar-refractivity contribution in [1.82, 2.24) is 15.1 Å². The molecule has 1 atom stereocenters. The van der Waals surface area contributed by atoms with Crippen LogP contribution in [0.25, 0.3) is 0 Å². The zero-order chi connectivity index (χ0) is 14.5. The molecule has 2 aliphatic rings. The average molecular weight is 285 g/mol. The number of nitrogens with one attached hydrogen (secondary N) is 1. The number of hydrogen-bond acceptors (Lipinski definition) is 4. The number of aliphatic carboxylic acids is 1. The van der Waals surface area contributed by atoms with Crippen LogP contribution in [-0.4, -0.2) is 78.4 Å². The van der Waals surface area contributed by atoms with Crippen LogP contribution in [0.15, 0.2) is 0 Å². The van der Waals surface area contributed by atoms with E-state index >= 15 is 0 Å². The van der Waals surface area contributed by atoms with Gasteiger partial charge in [-0.05, 0) is 19.4 Å². The lowest BCUT2D eigenvalue weighted by Crippen LogP contribution is -2.52. The number of carboxylic acids is 1. The van der Waals surface area contributed by atoms with Gasteiger partial charge in [0.05, 0.1) is 13.2 Å². The van der Waals surface area contributed by atoms with Crippen LogP contribution in [0.1, 0.15) is 19.8 Å². The summed E-state index contributed by atoms with van der Waals surface area (Å²) in [5.41, 5.74) is 0. The fourth-order valence-electron chi connectivity index (χ4n) is 2.44. The molecule has 2 amide bonds. The molecule has 1 saturated heterocycles. The number of ether oxygens (including phenoxy) is 1. The molecule has 1 aliphatic carbocycles. The van der Waals surface area contributed by atoms with Gasteiger partial charge in [0, 0.05) is 25.7 Å². The van der Waals surface area contributed by atoms with Crippen LogP contribution in [-0.2, 0) is 9.53 Å². The number of likely N-dealkylation sites (N-methyl/N-ethyl adjacent to an activating group) is 1. The minimum Gasteiger partial charge on any atom is -0.479 e. The van der Waals surface area contributed by atoms with Crippen LogP contribution >= 0.6 is 0 Å². The molecule has 0 spiro atoms. The Morgan fingerprint density at radius 3 is 2.80 bits per heavy atom. The van der Waals surface area contributed by atoms with Gasteiger partial charge < -0.3 is 20.1 Å². The summed E-state index contributed by atoms with van der Waals surface area (Å²) >= 11 is 0. The van der Waals surface area contributed by atoms with E-state index in [1.54, 1.807) is 0 Å². The van der Waals surface area contributed by atoms with Crippen LogP contribution in [0.3, 0.4) is 0 Å². The molecular weight excluding hydrogens is 262 g/mol. The number of urea groups is 1. The number of nitrogens with zero attached hydrogens (tertiary/aromatic N) is 2. The highest BCUT2D eigenvalue weighted by Crippen LogP contribution is 2.25. The second kappa shape index (κ2) is 6.90. The first-order valence-electron chi connectivity index (χ1n) is 7.23. The molecule has 1 saturated carbocycles. The van der Waals surface area contributed by atoms with Crippen molar-refractivity contribution in [1.29, 1.82) is 0 Å². The molecule has 0 bridgehead atoms. The normalized spacial score (nSPS) is 22.9. The predicted molar refractivity (Wildman–Crippen MR) is 72.6 cm³/mol. The molecule has 2 N–H and O–H groups in total. The molecular formula is C13H23N3O4. The zero-order valence-corrected chi connectivity index (χ0v) is 11.9. The first-order chi connectivity index (χ1) is 9.61. The molecule has 0 aromatic heterocycles. The molecule has 1 unspecified atom stereocenters. The number of amides is 2.